The van der Waals surface area contributed by atoms with Crippen LogP contribution < -0.4 is 21.7 Å². The minimum Gasteiger partial charge on any atom is -0.382 e. The summed E-state index contributed by atoms with van der Waals surface area (Å²) >= 11 is 0. The molecule has 2 aliphatic rings. The molecule has 8 nitrogen and oxygen atoms in total. The summed E-state index contributed by atoms with van der Waals surface area (Å²) in [5.74, 6) is -0.400. The first kappa shape index (κ1) is 22.0. The predicted octanol–water partition coefficient (Wildman–Crippen LogP) is 2.62. The number of rotatable bonds is 5. The molecule has 174 valence electrons. The van der Waals surface area contributed by atoms with Gasteiger partial charge in [0, 0.05) is 23.7 Å². The summed E-state index contributed by atoms with van der Waals surface area (Å²) in [5, 5.41) is 9.41. The van der Waals surface area contributed by atoms with Crippen molar-refractivity contribution in [3.8, 4) is 11.3 Å². The van der Waals surface area contributed by atoms with Gasteiger partial charge >= 0.3 is 0 Å². The van der Waals surface area contributed by atoms with Crippen LogP contribution in [0.25, 0.3) is 11.3 Å². The molecule has 3 aromatic rings. The molecule has 1 aliphatic carbocycles. The second kappa shape index (κ2) is 9.61. The normalized spacial score (nSPS) is 19.3. The first-order valence-corrected chi connectivity index (χ1v) is 11.7. The van der Waals surface area contributed by atoms with Gasteiger partial charge < -0.3 is 21.7 Å². The standard InChI is InChI=1S/C26H28N6O2/c27-24-23(26(34)30-19-8-4-12-28-14-19)31-22(15-29-24)17-6-3-7-18(13-17)25(33)32-21-11-10-16-5-1-2-9-20(16)21/h1-3,5-7,9,13,15,19,21,28H,4,8,10-12,14H2,(H2,27,29)(H,30,34)(H,32,33)/t19-,21+/m1/s1. The van der Waals surface area contributed by atoms with Gasteiger partial charge in [-0.05, 0) is 55.5 Å². The minimum absolute atomic E-state index is 0.00764. The summed E-state index contributed by atoms with van der Waals surface area (Å²) in [5.41, 5.74) is 10.2. The SMILES string of the molecule is Nc1ncc(-c2cccc(C(=O)N[C@H]3CCc4ccccc43)c2)nc1C(=O)N[C@@H]1CCCNC1. The third-order valence-corrected chi connectivity index (χ3v) is 6.51. The van der Waals surface area contributed by atoms with E-state index in [0.29, 0.717) is 16.8 Å². The van der Waals surface area contributed by atoms with E-state index in [2.05, 4.69) is 38.1 Å². The van der Waals surface area contributed by atoms with E-state index in [1.165, 1.54) is 17.3 Å². The van der Waals surface area contributed by atoms with Crippen LogP contribution in [0.5, 0.6) is 0 Å². The Morgan fingerprint density at radius 2 is 1.91 bits per heavy atom. The summed E-state index contributed by atoms with van der Waals surface area (Å²) < 4.78 is 0. The highest BCUT2D eigenvalue weighted by molar-refractivity contribution is 5.97. The van der Waals surface area contributed by atoms with E-state index in [9.17, 15) is 9.59 Å². The maximum absolute atomic E-state index is 13.0. The second-order valence-electron chi connectivity index (χ2n) is 8.85. The zero-order valence-corrected chi connectivity index (χ0v) is 18.9. The van der Waals surface area contributed by atoms with Crippen molar-refractivity contribution in [2.45, 2.75) is 37.8 Å². The summed E-state index contributed by atoms with van der Waals surface area (Å²) in [6.07, 6.45) is 5.30. The monoisotopic (exact) mass is 456 g/mol. The van der Waals surface area contributed by atoms with Gasteiger partial charge in [-0.15, -0.1) is 0 Å². The van der Waals surface area contributed by atoms with Gasteiger partial charge in [-0.1, -0.05) is 36.4 Å². The van der Waals surface area contributed by atoms with Crippen LogP contribution >= 0.6 is 0 Å². The zero-order valence-electron chi connectivity index (χ0n) is 18.9. The van der Waals surface area contributed by atoms with Gasteiger partial charge in [-0.3, -0.25) is 9.59 Å². The Morgan fingerprint density at radius 1 is 1.03 bits per heavy atom. The highest BCUT2D eigenvalue weighted by Gasteiger charge is 2.24. The molecule has 5 N–H and O–H groups in total. The van der Waals surface area contributed by atoms with Crippen LogP contribution in [0.3, 0.4) is 0 Å². The number of nitrogens with two attached hydrogens (primary N) is 1. The van der Waals surface area contributed by atoms with Gasteiger partial charge in [0.25, 0.3) is 11.8 Å². The van der Waals surface area contributed by atoms with Crippen LogP contribution in [0.1, 0.15) is 57.3 Å². The summed E-state index contributed by atoms with van der Waals surface area (Å²) in [6.45, 7) is 1.68. The highest BCUT2D eigenvalue weighted by atomic mass is 16.2. The molecule has 1 fully saturated rings. The lowest BCUT2D eigenvalue weighted by molar-refractivity contribution is 0.0921. The number of nitrogens with one attached hydrogen (secondary N) is 3. The highest BCUT2D eigenvalue weighted by Crippen LogP contribution is 2.31. The molecule has 2 atom stereocenters. The van der Waals surface area contributed by atoms with Gasteiger partial charge in [-0.25, -0.2) is 9.97 Å². The number of benzene rings is 2. The molecule has 0 spiro atoms. The quantitative estimate of drug-likeness (QED) is 0.468. The van der Waals surface area contributed by atoms with E-state index < -0.39 is 0 Å². The Morgan fingerprint density at radius 3 is 2.76 bits per heavy atom. The first-order valence-electron chi connectivity index (χ1n) is 11.7. The number of carbonyl (C=O) groups is 2. The lowest BCUT2D eigenvalue weighted by Gasteiger charge is -2.23. The van der Waals surface area contributed by atoms with Crippen LogP contribution in [0, 0.1) is 0 Å². The van der Waals surface area contributed by atoms with Crippen molar-refractivity contribution in [1.82, 2.24) is 25.9 Å². The molecular weight excluding hydrogens is 428 g/mol. The van der Waals surface area contributed by atoms with Crippen molar-refractivity contribution in [1.29, 1.82) is 0 Å². The number of carbonyl (C=O) groups excluding carboxylic acids is 2. The summed E-state index contributed by atoms with van der Waals surface area (Å²) in [4.78, 5) is 34.5. The van der Waals surface area contributed by atoms with E-state index in [1.54, 1.807) is 18.2 Å². The van der Waals surface area contributed by atoms with Crippen molar-refractivity contribution in [3.05, 3.63) is 77.1 Å². The van der Waals surface area contributed by atoms with Crippen molar-refractivity contribution < 1.29 is 9.59 Å². The number of fused-ring (bicyclic) bond motifs is 1. The van der Waals surface area contributed by atoms with Gasteiger partial charge in [0.05, 0.1) is 17.9 Å². The van der Waals surface area contributed by atoms with E-state index >= 15 is 0 Å². The molecule has 1 aliphatic heterocycles. The van der Waals surface area contributed by atoms with E-state index in [-0.39, 0.29) is 35.4 Å². The van der Waals surface area contributed by atoms with Gasteiger partial charge in [0.1, 0.15) is 0 Å². The maximum Gasteiger partial charge on any atom is 0.274 e. The molecule has 0 saturated carbocycles. The summed E-state index contributed by atoms with van der Waals surface area (Å²) in [6, 6.07) is 15.4. The Balaban J connectivity index is 1.33. The van der Waals surface area contributed by atoms with Crippen LogP contribution in [0.4, 0.5) is 5.82 Å². The molecule has 0 unspecified atom stereocenters. The smallest absolute Gasteiger partial charge is 0.274 e. The number of aryl methyl sites for hydroxylation is 1. The third-order valence-electron chi connectivity index (χ3n) is 6.51. The third kappa shape index (κ3) is 4.63. The Bertz CT molecular complexity index is 1220. The number of hydrogen-bond donors (Lipinski definition) is 4. The zero-order chi connectivity index (χ0) is 23.5. The first-order chi connectivity index (χ1) is 16.6. The van der Waals surface area contributed by atoms with Gasteiger partial charge in [-0.2, -0.15) is 0 Å². The largest absolute Gasteiger partial charge is 0.382 e. The minimum atomic E-state index is -0.339. The molecule has 0 bridgehead atoms. The fourth-order valence-corrected chi connectivity index (χ4v) is 4.70. The van der Waals surface area contributed by atoms with Crippen molar-refractivity contribution in [2.24, 2.45) is 0 Å². The number of nitrogens with zero attached hydrogens (tertiary/aromatic N) is 2. The maximum atomic E-state index is 13.0. The predicted molar refractivity (Wildman–Crippen MR) is 130 cm³/mol. The molecule has 34 heavy (non-hydrogen) atoms. The molecule has 1 saturated heterocycles. The number of hydrogen-bond acceptors (Lipinski definition) is 6. The fraction of sp³-hybridized carbons (Fsp3) is 0.308. The summed E-state index contributed by atoms with van der Waals surface area (Å²) in [7, 11) is 0. The molecular formula is C26H28N6O2. The number of aromatic nitrogens is 2. The number of nitrogen functional groups attached to an aromatic ring is 1. The van der Waals surface area contributed by atoms with Crippen LogP contribution in [-0.2, 0) is 6.42 Å². The number of anilines is 1. The van der Waals surface area contributed by atoms with Crippen molar-refractivity contribution in [2.75, 3.05) is 18.8 Å². The van der Waals surface area contributed by atoms with Crippen molar-refractivity contribution >= 4 is 17.6 Å². The van der Waals surface area contributed by atoms with E-state index in [1.807, 2.05) is 18.2 Å². The number of piperidine rings is 1. The molecule has 1 aromatic heterocycles. The van der Waals surface area contributed by atoms with Crippen molar-refractivity contribution in [3.63, 3.8) is 0 Å². The van der Waals surface area contributed by atoms with Crippen LogP contribution in [0.15, 0.2) is 54.7 Å². The Labute approximate surface area is 198 Å². The Hall–Kier alpha value is -3.78. The Kier molecular flexibility index (Phi) is 6.22. The lowest BCUT2D eigenvalue weighted by atomic mass is 10.1. The molecule has 0 radical (unpaired) electrons. The average Bonchev–Trinajstić information content (AvgIpc) is 3.27. The van der Waals surface area contributed by atoms with Crippen LogP contribution in [0.2, 0.25) is 0 Å². The average molecular weight is 457 g/mol. The van der Waals surface area contributed by atoms with E-state index in [4.69, 9.17) is 5.73 Å². The molecule has 8 heteroatoms. The van der Waals surface area contributed by atoms with Crippen LogP contribution in [-0.4, -0.2) is 40.9 Å². The second-order valence-corrected chi connectivity index (χ2v) is 8.85. The molecule has 2 heterocycles. The fourth-order valence-electron chi connectivity index (χ4n) is 4.70. The topological polar surface area (TPSA) is 122 Å². The molecule has 5 rings (SSSR count). The van der Waals surface area contributed by atoms with Gasteiger partial charge in [0.2, 0.25) is 0 Å². The number of amides is 2. The van der Waals surface area contributed by atoms with Gasteiger partial charge in [0.15, 0.2) is 11.5 Å². The molecule has 2 aromatic carbocycles. The molecule has 2 amide bonds. The van der Waals surface area contributed by atoms with E-state index in [0.717, 1.165) is 38.8 Å². The lowest BCUT2D eigenvalue weighted by Crippen LogP contribution is -2.46.